The predicted octanol–water partition coefficient (Wildman–Crippen LogP) is 0.315. The molecule has 1 atom stereocenters. The molecular formula is C12H19N5. The van der Waals surface area contributed by atoms with E-state index < -0.39 is 0 Å². The van der Waals surface area contributed by atoms with Crippen LogP contribution in [0.4, 0.5) is 0 Å². The lowest BCUT2D eigenvalue weighted by Gasteiger charge is -2.27. The van der Waals surface area contributed by atoms with Gasteiger partial charge in [-0.1, -0.05) is 6.07 Å². The molecule has 92 valence electrons. The van der Waals surface area contributed by atoms with Crippen LogP contribution >= 0.6 is 0 Å². The molecule has 17 heavy (non-hydrogen) atoms. The topological polar surface area (TPSA) is 57.8 Å². The van der Waals surface area contributed by atoms with Gasteiger partial charge in [-0.15, -0.1) is 0 Å². The number of rotatable bonds is 4. The van der Waals surface area contributed by atoms with Gasteiger partial charge in [-0.3, -0.25) is 9.98 Å². The first-order valence-corrected chi connectivity index (χ1v) is 5.79. The van der Waals surface area contributed by atoms with Crippen LogP contribution in [0.2, 0.25) is 0 Å². The van der Waals surface area contributed by atoms with E-state index in [2.05, 4.69) is 39.9 Å². The van der Waals surface area contributed by atoms with Crippen LogP contribution in [0.15, 0.2) is 29.5 Å². The van der Waals surface area contributed by atoms with Crippen molar-refractivity contribution in [2.75, 3.05) is 33.7 Å². The number of pyridine rings is 1. The van der Waals surface area contributed by atoms with E-state index >= 15 is 0 Å². The van der Waals surface area contributed by atoms with Crippen molar-refractivity contribution in [3.63, 3.8) is 0 Å². The van der Waals surface area contributed by atoms with Crippen molar-refractivity contribution >= 4 is 5.96 Å². The van der Waals surface area contributed by atoms with E-state index in [9.17, 15) is 0 Å². The maximum absolute atomic E-state index is 5.93. The number of nitrogens with zero attached hydrogens (tertiary/aromatic N) is 4. The van der Waals surface area contributed by atoms with Crippen LogP contribution in [0, 0.1) is 0 Å². The van der Waals surface area contributed by atoms with Crippen molar-refractivity contribution in [3.8, 4) is 0 Å². The third-order valence-electron chi connectivity index (χ3n) is 2.95. The molecule has 0 amide bonds. The van der Waals surface area contributed by atoms with Crippen molar-refractivity contribution in [1.29, 1.82) is 0 Å². The SMILES string of the molecule is CN(C)CCN1C(N)=NCC1c1cccnc1. The summed E-state index contributed by atoms with van der Waals surface area (Å²) < 4.78 is 0. The van der Waals surface area contributed by atoms with Gasteiger partial charge in [0.15, 0.2) is 5.96 Å². The van der Waals surface area contributed by atoms with Crippen molar-refractivity contribution in [3.05, 3.63) is 30.1 Å². The molecule has 0 aliphatic carbocycles. The molecule has 5 heteroatoms. The van der Waals surface area contributed by atoms with Crippen LogP contribution in [-0.4, -0.2) is 54.5 Å². The van der Waals surface area contributed by atoms with Crippen LogP contribution in [0.25, 0.3) is 0 Å². The van der Waals surface area contributed by atoms with Gasteiger partial charge in [-0.2, -0.15) is 0 Å². The fourth-order valence-corrected chi connectivity index (χ4v) is 1.97. The molecule has 0 saturated carbocycles. The second-order valence-electron chi connectivity index (χ2n) is 4.50. The Morgan fingerprint density at radius 2 is 2.35 bits per heavy atom. The zero-order valence-electron chi connectivity index (χ0n) is 10.4. The van der Waals surface area contributed by atoms with Gasteiger partial charge in [0.2, 0.25) is 0 Å². The fraction of sp³-hybridized carbons (Fsp3) is 0.500. The summed E-state index contributed by atoms with van der Waals surface area (Å²) in [4.78, 5) is 12.8. The minimum Gasteiger partial charge on any atom is -0.370 e. The first kappa shape index (κ1) is 11.9. The van der Waals surface area contributed by atoms with Gasteiger partial charge in [0.1, 0.15) is 0 Å². The van der Waals surface area contributed by atoms with E-state index in [1.807, 2.05) is 12.3 Å². The molecule has 2 rings (SSSR count). The molecule has 1 aliphatic heterocycles. The van der Waals surface area contributed by atoms with Crippen LogP contribution in [0.3, 0.4) is 0 Å². The predicted molar refractivity (Wildman–Crippen MR) is 68.7 cm³/mol. The lowest BCUT2D eigenvalue weighted by molar-refractivity contribution is 0.293. The molecule has 0 radical (unpaired) electrons. The lowest BCUT2D eigenvalue weighted by Crippen LogP contribution is -2.40. The van der Waals surface area contributed by atoms with Crippen molar-refractivity contribution in [2.45, 2.75) is 6.04 Å². The Bertz CT molecular complexity index is 387. The molecule has 0 bridgehead atoms. The third kappa shape index (κ3) is 2.74. The number of aromatic nitrogens is 1. The Kier molecular flexibility index (Phi) is 3.58. The minimum atomic E-state index is 0.239. The van der Waals surface area contributed by atoms with Crippen LogP contribution in [-0.2, 0) is 0 Å². The maximum atomic E-state index is 5.93. The molecule has 1 aliphatic rings. The average molecular weight is 233 g/mol. The molecule has 1 aromatic heterocycles. The first-order valence-electron chi connectivity index (χ1n) is 5.79. The van der Waals surface area contributed by atoms with Crippen molar-refractivity contribution in [1.82, 2.24) is 14.8 Å². The largest absolute Gasteiger partial charge is 0.370 e. The number of guanidine groups is 1. The molecule has 5 nitrogen and oxygen atoms in total. The van der Waals surface area contributed by atoms with E-state index in [0.717, 1.165) is 19.6 Å². The van der Waals surface area contributed by atoms with E-state index in [0.29, 0.717) is 5.96 Å². The van der Waals surface area contributed by atoms with Crippen molar-refractivity contribution < 1.29 is 0 Å². The number of hydrogen-bond donors (Lipinski definition) is 1. The average Bonchev–Trinajstić information content (AvgIpc) is 2.69. The Balaban J connectivity index is 2.08. The summed E-state index contributed by atoms with van der Waals surface area (Å²) in [6.07, 6.45) is 3.67. The van der Waals surface area contributed by atoms with Crippen LogP contribution in [0.5, 0.6) is 0 Å². The van der Waals surface area contributed by atoms with Gasteiger partial charge in [0.25, 0.3) is 0 Å². The Hall–Kier alpha value is -1.62. The fourth-order valence-electron chi connectivity index (χ4n) is 1.97. The summed E-state index contributed by atoms with van der Waals surface area (Å²) in [5.41, 5.74) is 7.11. The highest BCUT2D eigenvalue weighted by molar-refractivity contribution is 5.80. The zero-order chi connectivity index (χ0) is 12.3. The quantitative estimate of drug-likeness (QED) is 0.813. The highest BCUT2D eigenvalue weighted by Crippen LogP contribution is 2.24. The maximum Gasteiger partial charge on any atom is 0.191 e. The molecule has 0 spiro atoms. The molecule has 2 heterocycles. The van der Waals surface area contributed by atoms with Gasteiger partial charge in [-0.05, 0) is 25.7 Å². The summed E-state index contributed by atoms with van der Waals surface area (Å²) in [6.45, 7) is 2.58. The second kappa shape index (κ2) is 5.14. The van der Waals surface area contributed by atoms with Gasteiger partial charge >= 0.3 is 0 Å². The first-order chi connectivity index (χ1) is 8.18. The minimum absolute atomic E-state index is 0.239. The van der Waals surface area contributed by atoms with Crippen molar-refractivity contribution in [2.24, 2.45) is 10.7 Å². The summed E-state index contributed by atoms with van der Waals surface area (Å²) in [6, 6.07) is 4.27. The molecule has 0 fully saturated rings. The Morgan fingerprint density at radius 1 is 1.53 bits per heavy atom. The number of hydrogen-bond acceptors (Lipinski definition) is 5. The van der Waals surface area contributed by atoms with E-state index in [1.165, 1.54) is 5.56 Å². The molecule has 2 N–H and O–H groups in total. The van der Waals surface area contributed by atoms with Gasteiger partial charge in [0.05, 0.1) is 12.6 Å². The molecular weight excluding hydrogens is 214 g/mol. The molecule has 1 aromatic rings. The normalized spacial score (nSPS) is 19.8. The van der Waals surface area contributed by atoms with E-state index in [1.54, 1.807) is 6.20 Å². The van der Waals surface area contributed by atoms with Gasteiger partial charge < -0.3 is 15.5 Å². The molecule has 1 unspecified atom stereocenters. The van der Waals surface area contributed by atoms with Gasteiger partial charge in [-0.25, -0.2) is 0 Å². The number of likely N-dealkylation sites (N-methyl/N-ethyl adjacent to an activating group) is 1. The standard InChI is InChI=1S/C12H19N5/c1-16(2)6-7-17-11(9-15-12(17)13)10-4-3-5-14-8-10/h3-5,8,11H,6-7,9H2,1-2H3,(H2,13,15). The highest BCUT2D eigenvalue weighted by atomic mass is 15.3. The third-order valence-corrected chi connectivity index (χ3v) is 2.95. The number of nitrogens with two attached hydrogens (primary N) is 1. The summed E-state index contributed by atoms with van der Waals surface area (Å²) in [7, 11) is 4.12. The summed E-state index contributed by atoms with van der Waals surface area (Å²) in [5.74, 6) is 0.640. The highest BCUT2D eigenvalue weighted by Gasteiger charge is 2.27. The summed E-state index contributed by atoms with van der Waals surface area (Å²) in [5, 5.41) is 0. The lowest BCUT2D eigenvalue weighted by atomic mass is 10.1. The Morgan fingerprint density at radius 3 is 3.00 bits per heavy atom. The zero-order valence-corrected chi connectivity index (χ0v) is 10.4. The summed E-state index contributed by atoms with van der Waals surface area (Å²) >= 11 is 0. The second-order valence-corrected chi connectivity index (χ2v) is 4.50. The molecule has 0 saturated heterocycles. The van der Waals surface area contributed by atoms with E-state index in [-0.39, 0.29) is 6.04 Å². The Labute approximate surface area is 102 Å². The van der Waals surface area contributed by atoms with Crippen LogP contribution in [0.1, 0.15) is 11.6 Å². The molecule has 0 aromatic carbocycles. The number of aliphatic imine (C=N–C) groups is 1. The van der Waals surface area contributed by atoms with E-state index in [4.69, 9.17) is 5.73 Å². The monoisotopic (exact) mass is 233 g/mol. The van der Waals surface area contributed by atoms with Crippen LogP contribution < -0.4 is 5.73 Å². The van der Waals surface area contributed by atoms with Gasteiger partial charge in [0, 0.05) is 25.5 Å². The smallest absolute Gasteiger partial charge is 0.191 e.